The van der Waals surface area contributed by atoms with E-state index in [-0.39, 0.29) is 30.0 Å². The SMILES string of the molecule is CCCC1C(=O)NC(C2CC2)C(=O)N1CC1CCCCO1. The standard InChI is InChI=1S/C16H26N2O3/c1-2-5-13-15(19)17-14(11-7-8-11)16(20)18(13)10-12-6-3-4-9-21-12/h11-14H,2-10H2,1H3,(H,17,19). The van der Waals surface area contributed by atoms with Gasteiger partial charge in [0.1, 0.15) is 12.1 Å². The second-order valence-electron chi connectivity index (χ2n) is 6.61. The second-order valence-corrected chi connectivity index (χ2v) is 6.61. The summed E-state index contributed by atoms with van der Waals surface area (Å²) in [6.45, 7) is 3.42. The third kappa shape index (κ3) is 3.23. The second kappa shape index (κ2) is 6.34. The molecule has 1 saturated carbocycles. The zero-order valence-corrected chi connectivity index (χ0v) is 12.8. The van der Waals surface area contributed by atoms with Crippen molar-refractivity contribution in [3.05, 3.63) is 0 Å². The maximum Gasteiger partial charge on any atom is 0.246 e. The van der Waals surface area contributed by atoms with E-state index < -0.39 is 0 Å². The Morgan fingerprint density at radius 1 is 1.24 bits per heavy atom. The molecule has 0 aromatic rings. The number of nitrogens with zero attached hydrogens (tertiary/aromatic N) is 1. The van der Waals surface area contributed by atoms with Crippen molar-refractivity contribution >= 4 is 11.8 Å². The highest BCUT2D eigenvalue weighted by atomic mass is 16.5. The van der Waals surface area contributed by atoms with Crippen molar-refractivity contribution in [2.24, 2.45) is 5.92 Å². The van der Waals surface area contributed by atoms with E-state index in [9.17, 15) is 9.59 Å². The Balaban J connectivity index is 1.72. The number of carbonyl (C=O) groups excluding carboxylic acids is 2. The van der Waals surface area contributed by atoms with Crippen LogP contribution in [0, 0.1) is 5.92 Å². The fraction of sp³-hybridized carbons (Fsp3) is 0.875. The van der Waals surface area contributed by atoms with Crippen LogP contribution in [0.5, 0.6) is 0 Å². The van der Waals surface area contributed by atoms with Gasteiger partial charge in [-0.2, -0.15) is 0 Å². The highest BCUT2D eigenvalue weighted by molar-refractivity contribution is 5.97. The minimum Gasteiger partial charge on any atom is -0.376 e. The van der Waals surface area contributed by atoms with Crippen LogP contribution in [-0.2, 0) is 14.3 Å². The average Bonchev–Trinajstić information content (AvgIpc) is 3.32. The van der Waals surface area contributed by atoms with Gasteiger partial charge in [-0.25, -0.2) is 0 Å². The van der Waals surface area contributed by atoms with Crippen LogP contribution in [0.3, 0.4) is 0 Å². The van der Waals surface area contributed by atoms with Crippen molar-refractivity contribution in [2.45, 2.75) is 70.1 Å². The van der Waals surface area contributed by atoms with Crippen LogP contribution in [0.1, 0.15) is 51.9 Å². The van der Waals surface area contributed by atoms with Crippen molar-refractivity contribution < 1.29 is 14.3 Å². The predicted molar refractivity (Wildman–Crippen MR) is 78.7 cm³/mol. The Hall–Kier alpha value is -1.10. The zero-order valence-electron chi connectivity index (χ0n) is 12.8. The number of rotatable bonds is 5. The van der Waals surface area contributed by atoms with Crippen molar-refractivity contribution in [3.8, 4) is 0 Å². The normalized spacial score (nSPS) is 34.0. The van der Waals surface area contributed by atoms with E-state index in [0.717, 1.165) is 51.6 Å². The molecule has 21 heavy (non-hydrogen) atoms. The lowest BCUT2D eigenvalue weighted by atomic mass is 9.99. The van der Waals surface area contributed by atoms with E-state index in [4.69, 9.17) is 4.74 Å². The summed E-state index contributed by atoms with van der Waals surface area (Å²) >= 11 is 0. The highest BCUT2D eigenvalue weighted by Gasteiger charge is 2.46. The first-order valence-electron chi connectivity index (χ1n) is 8.43. The smallest absolute Gasteiger partial charge is 0.246 e. The van der Waals surface area contributed by atoms with Gasteiger partial charge in [0.15, 0.2) is 0 Å². The fourth-order valence-corrected chi connectivity index (χ4v) is 3.48. The quantitative estimate of drug-likeness (QED) is 0.835. The lowest BCUT2D eigenvalue weighted by Gasteiger charge is -2.41. The van der Waals surface area contributed by atoms with Gasteiger partial charge in [-0.3, -0.25) is 9.59 Å². The minimum atomic E-state index is -0.303. The van der Waals surface area contributed by atoms with Crippen molar-refractivity contribution in [2.75, 3.05) is 13.2 Å². The summed E-state index contributed by atoms with van der Waals surface area (Å²) < 4.78 is 5.78. The molecule has 118 valence electrons. The average molecular weight is 294 g/mol. The number of amides is 2. The molecule has 0 radical (unpaired) electrons. The fourth-order valence-electron chi connectivity index (χ4n) is 3.48. The molecule has 0 spiro atoms. The van der Waals surface area contributed by atoms with Crippen LogP contribution in [0.4, 0.5) is 0 Å². The zero-order chi connectivity index (χ0) is 14.8. The molecular formula is C16H26N2O3. The van der Waals surface area contributed by atoms with Crippen molar-refractivity contribution in [1.82, 2.24) is 10.2 Å². The molecule has 3 aliphatic rings. The third-order valence-corrected chi connectivity index (χ3v) is 4.86. The number of hydrogen-bond acceptors (Lipinski definition) is 3. The molecule has 3 fully saturated rings. The van der Waals surface area contributed by atoms with Gasteiger partial charge < -0.3 is 15.0 Å². The first-order chi connectivity index (χ1) is 10.2. The molecular weight excluding hydrogens is 268 g/mol. The van der Waals surface area contributed by atoms with Crippen LogP contribution in [-0.4, -0.2) is 48.1 Å². The molecule has 5 nitrogen and oxygen atoms in total. The molecule has 2 saturated heterocycles. The number of ether oxygens (including phenoxy) is 1. The molecule has 1 aliphatic carbocycles. The summed E-state index contributed by atoms with van der Waals surface area (Å²) in [5.74, 6) is 0.507. The van der Waals surface area contributed by atoms with Gasteiger partial charge in [0, 0.05) is 13.2 Å². The van der Waals surface area contributed by atoms with Crippen LogP contribution in [0.2, 0.25) is 0 Å². The van der Waals surface area contributed by atoms with Gasteiger partial charge >= 0.3 is 0 Å². The Morgan fingerprint density at radius 3 is 2.67 bits per heavy atom. The Kier molecular flexibility index (Phi) is 4.48. The van der Waals surface area contributed by atoms with Gasteiger partial charge in [0.05, 0.1) is 6.10 Å². The molecule has 0 aromatic heterocycles. The lowest BCUT2D eigenvalue weighted by Crippen LogP contribution is -2.65. The van der Waals surface area contributed by atoms with Gasteiger partial charge in [-0.05, 0) is 44.4 Å². The predicted octanol–water partition coefficient (Wildman–Crippen LogP) is 1.46. The van der Waals surface area contributed by atoms with E-state index >= 15 is 0 Å². The molecule has 5 heteroatoms. The topological polar surface area (TPSA) is 58.6 Å². The number of nitrogens with one attached hydrogen (secondary N) is 1. The molecule has 3 unspecified atom stereocenters. The Bertz CT molecular complexity index is 402. The highest BCUT2D eigenvalue weighted by Crippen LogP contribution is 2.35. The molecule has 1 N–H and O–H groups in total. The van der Waals surface area contributed by atoms with Crippen LogP contribution < -0.4 is 5.32 Å². The summed E-state index contributed by atoms with van der Waals surface area (Å²) in [5, 5.41) is 2.96. The van der Waals surface area contributed by atoms with E-state index in [2.05, 4.69) is 12.2 Å². The molecule has 0 aromatic carbocycles. The largest absolute Gasteiger partial charge is 0.376 e. The monoisotopic (exact) mass is 294 g/mol. The van der Waals surface area contributed by atoms with Gasteiger partial charge in [-0.15, -0.1) is 0 Å². The number of carbonyl (C=O) groups is 2. The van der Waals surface area contributed by atoms with Crippen LogP contribution in [0.15, 0.2) is 0 Å². The molecule has 2 amide bonds. The van der Waals surface area contributed by atoms with Crippen molar-refractivity contribution in [3.63, 3.8) is 0 Å². The summed E-state index contributed by atoms with van der Waals surface area (Å²) in [5.41, 5.74) is 0. The summed E-state index contributed by atoms with van der Waals surface area (Å²) in [6, 6.07) is -0.586. The molecule has 3 atom stereocenters. The summed E-state index contributed by atoms with van der Waals surface area (Å²) in [6.07, 6.45) is 7.12. The molecule has 2 aliphatic heterocycles. The van der Waals surface area contributed by atoms with E-state index in [0.29, 0.717) is 12.5 Å². The van der Waals surface area contributed by atoms with Crippen LogP contribution in [0.25, 0.3) is 0 Å². The lowest BCUT2D eigenvalue weighted by molar-refractivity contribution is -0.153. The summed E-state index contributed by atoms with van der Waals surface area (Å²) in [7, 11) is 0. The maximum atomic E-state index is 12.8. The van der Waals surface area contributed by atoms with Gasteiger partial charge in [0.2, 0.25) is 11.8 Å². The summed E-state index contributed by atoms with van der Waals surface area (Å²) in [4.78, 5) is 27.0. The van der Waals surface area contributed by atoms with E-state index in [1.165, 1.54) is 0 Å². The number of hydrogen-bond donors (Lipinski definition) is 1. The van der Waals surface area contributed by atoms with Crippen LogP contribution >= 0.6 is 0 Å². The van der Waals surface area contributed by atoms with E-state index in [1.807, 2.05) is 4.90 Å². The van der Waals surface area contributed by atoms with Crippen molar-refractivity contribution in [1.29, 1.82) is 0 Å². The Labute approximate surface area is 126 Å². The molecule has 2 heterocycles. The molecule has 0 bridgehead atoms. The first kappa shape index (κ1) is 14.8. The van der Waals surface area contributed by atoms with Gasteiger partial charge in [0.25, 0.3) is 0 Å². The molecule has 3 rings (SSSR count). The first-order valence-corrected chi connectivity index (χ1v) is 8.43. The Morgan fingerprint density at radius 2 is 2.05 bits per heavy atom. The van der Waals surface area contributed by atoms with Gasteiger partial charge in [-0.1, -0.05) is 13.3 Å². The third-order valence-electron chi connectivity index (χ3n) is 4.86. The maximum absolute atomic E-state index is 12.8. The minimum absolute atomic E-state index is 0.0316. The van der Waals surface area contributed by atoms with E-state index in [1.54, 1.807) is 0 Å². The number of piperazine rings is 1.